The van der Waals surface area contributed by atoms with Crippen LogP contribution in [0.3, 0.4) is 0 Å². The van der Waals surface area contributed by atoms with Gasteiger partial charge in [-0.3, -0.25) is 9.59 Å². The van der Waals surface area contributed by atoms with Gasteiger partial charge < -0.3 is 19.3 Å². The third-order valence-corrected chi connectivity index (χ3v) is 5.78. The molecule has 1 aromatic carbocycles. The molecule has 3 rings (SSSR count). The summed E-state index contributed by atoms with van der Waals surface area (Å²) in [5, 5.41) is 0.855. The van der Waals surface area contributed by atoms with Crippen molar-refractivity contribution in [3.05, 3.63) is 39.5 Å². The van der Waals surface area contributed by atoms with E-state index in [-0.39, 0.29) is 30.3 Å². The quantitative estimate of drug-likeness (QED) is 0.762. The van der Waals surface area contributed by atoms with Gasteiger partial charge >= 0.3 is 0 Å². The van der Waals surface area contributed by atoms with Gasteiger partial charge in [0.25, 0.3) is 0 Å². The summed E-state index contributed by atoms with van der Waals surface area (Å²) >= 11 is 12.6. The lowest BCUT2D eigenvalue weighted by atomic mass is 9.98. The highest BCUT2D eigenvalue weighted by Crippen LogP contribution is 2.42. The summed E-state index contributed by atoms with van der Waals surface area (Å²) < 4.78 is 10.4. The van der Waals surface area contributed by atoms with Crippen LogP contribution >= 0.6 is 23.2 Å². The Morgan fingerprint density at radius 1 is 1.26 bits per heavy atom. The largest absolute Gasteiger partial charge is 0.496 e. The molecule has 146 valence electrons. The Hall–Kier alpha value is -1.76. The molecule has 2 aliphatic rings. The fraction of sp³-hybridized carbons (Fsp3) is 0.474. The van der Waals surface area contributed by atoms with E-state index in [1.807, 2.05) is 13.0 Å². The first-order valence-corrected chi connectivity index (χ1v) is 9.43. The zero-order chi connectivity index (χ0) is 19.7. The van der Waals surface area contributed by atoms with Crippen molar-refractivity contribution in [3.63, 3.8) is 0 Å². The predicted octanol–water partition coefficient (Wildman–Crippen LogP) is 2.94. The summed E-state index contributed by atoms with van der Waals surface area (Å²) in [7, 11) is 3.05. The molecule has 0 spiro atoms. The standard InChI is InChI=1S/C19H22Cl2N2O4/c1-11-7-22(16(24)10-26-2)9-13-6-12(8-23(13)19(11)25)17-15(27-3)5-4-14(20)18(17)21/h4-6,11-12H,7-10H2,1-3H3/t11?,12-/m0/s1. The van der Waals surface area contributed by atoms with Crippen molar-refractivity contribution in [2.45, 2.75) is 12.8 Å². The van der Waals surface area contributed by atoms with Gasteiger partial charge in [-0.15, -0.1) is 0 Å². The molecule has 2 amide bonds. The van der Waals surface area contributed by atoms with Crippen LogP contribution in [0.25, 0.3) is 0 Å². The van der Waals surface area contributed by atoms with Gasteiger partial charge in [0, 0.05) is 37.4 Å². The van der Waals surface area contributed by atoms with Crippen molar-refractivity contribution in [1.29, 1.82) is 0 Å². The fourth-order valence-electron chi connectivity index (χ4n) is 3.64. The van der Waals surface area contributed by atoms with Gasteiger partial charge in [0.1, 0.15) is 12.4 Å². The van der Waals surface area contributed by atoms with Gasteiger partial charge in [0.15, 0.2) is 0 Å². The molecule has 0 aromatic heterocycles. The van der Waals surface area contributed by atoms with Crippen molar-refractivity contribution in [2.75, 3.05) is 40.5 Å². The van der Waals surface area contributed by atoms with Gasteiger partial charge in [-0.25, -0.2) is 0 Å². The molecular formula is C19H22Cl2N2O4. The van der Waals surface area contributed by atoms with E-state index in [4.69, 9.17) is 32.7 Å². The Labute approximate surface area is 168 Å². The van der Waals surface area contributed by atoms with Gasteiger partial charge in [-0.1, -0.05) is 36.2 Å². The number of nitrogens with zero attached hydrogens (tertiary/aromatic N) is 2. The number of rotatable bonds is 4. The minimum absolute atomic E-state index is 0.00594. The van der Waals surface area contributed by atoms with E-state index < -0.39 is 0 Å². The lowest BCUT2D eigenvalue weighted by molar-refractivity contribution is -0.136. The van der Waals surface area contributed by atoms with Crippen LogP contribution in [0, 0.1) is 5.92 Å². The molecule has 27 heavy (non-hydrogen) atoms. The molecule has 0 N–H and O–H groups in total. The van der Waals surface area contributed by atoms with Gasteiger partial charge in [0.05, 0.1) is 29.6 Å². The van der Waals surface area contributed by atoms with Crippen LogP contribution in [0.5, 0.6) is 5.75 Å². The molecule has 0 aliphatic carbocycles. The minimum atomic E-state index is -0.299. The zero-order valence-corrected chi connectivity index (χ0v) is 17.0. The van der Waals surface area contributed by atoms with Crippen LogP contribution < -0.4 is 4.74 Å². The van der Waals surface area contributed by atoms with Crippen LogP contribution in [0.2, 0.25) is 10.0 Å². The molecule has 8 heteroatoms. The Morgan fingerprint density at radius 2 is 2.00 bits per heavy atom. The first-order chi connectivity index (χ1) is 12.9. The zero-order valence-electron chi connectivity index (χ0n) is 15.5. The second-order valence-corrected chi connectivity index (χ2v) is 7.58. The second kappa shape index (κ2) is 8.09. The van der Waals surface area contributed by atoms with E-state index in [1.54, 1.807) is 29.0 Å². The van der Waals surface area contributed by atoms with Gasteiger partial charge in [0.2, 0.25) is 11.8 Å². The average Bonchev–Trinajstić information content (AvgIpc) is 3.01. The average molecular weight is 413 g/mol. The Balaban J connectivity index is 1.97. The van der Waals surface area contributed by atoms with E-state index >= 15 is 0 Å². The Kier molecular flexibility index (Phi) is 5.99. The third-order valence-electron chi connectivity index (χ3n) is 4.96. The molecule has 0 saturated carbocycles. The van der Waals surface area contributed by atoms with Gasteiger partial charge in [-0.05, 0) is 12.1 Å². The molecule has 0 radical (unpaired) electrons. The summed E-state index contributed by atoms with van der Waals surface area (Å²) in [6, 6.07) is 3.45. The SMILES string of the molecule is COCC(=O)N1CC2=C[C@H](c3c(OC)ccc(Cl)c3Cl)CN2C(=O)C(C)C1. The molecule has 1 unspecified atom stereocenters. The predicted molar refractivity (Wildman–Crippen MR) is 103 cm³/mol. The molecule has 6 nitrogen and oxygen atoms in total. The number of hydrogen-bond acceptors (Lipinski definition) is 4. The molecule has 0 bridgehead atoms. The van der Waals surface area contributed by atoms with E-state index in [9.17, 15) is 9.59 Å². The first-order valence-electron chi connectivity index (χ1n) is 8.68. The summed E-state index contributed by atoms with van der Waals surface area (Å²) in [5.74, 6) is 0.0222. The number of ether oxygens (including phenoxy) is 2. The summed E-state index contributed by atoms with van der Waals surface area (Å²) in [4.78, 5) is 28.6. The highest BCUT2D eigenvalue weighted by molar-refractivity contribution is 6.42. The van der Waals surface area contributed by atoms with Crippen molar-refractivity contribution >= 4 is 35.0 Å². The monoisotopic (exact) mass is 412 g/mol. The number of benzene rings is 1. The smallest absolute Gasteiger partial charge is 0.248 e. The Bertz CT molecular complexity index is 796. The maximum absolute atomic E-state index is 12.9. The minimum Gasteiger partial charge on any atom is -0.496 e. The van der Waals surface area contributed by atoms with Crippen LogP contribution in [-0.4, -0.2) is 62.1 Å². The summed E-state index contributed by atoms with van der Waals surface area (Å²) in [5.41, 5.74) is 1.54. The lowest BCUT2D eigenvalue weighted by Crippen LogP contribution is -2.37. The highest BCUT2D eigenvalue weighted by Gasteiger charge is 2.38. The number of carbonyl (C=O) groups is 2. The van der Waals surface area contributed by atoms with Crippen LogP contribution in [0.1, 0.15) is 18.4 Å². The molecule has 2 aliphatic heterocycles. The van der Waals surface area contributed by atoms with Crippen molar-refractivity contribution < 1.29 is 19.1 Å². The molecule has 2 heterocycles. The number of hydrogen-bond donors (Lipinski definition) is 0. The number of fused-ring (bicyclic) bond motifs is 1. The van der Waals surface area contributed by atoms with Crippen molar-refractivity contribution in [3.8, 4) is 5.75 Å². The first kappa shape index (κ1) is 20.0. The van der Waals surface area contributed by atoms with E-state index in [2.05, 4.69) is 0 Å². The number of carbonyl (C=O) groups excluding carboxylic acids is 2. The maximum atomic E-state index is 12.9. The molecule has 1 saturated heterocycles. The van der Waals surface area contributed by atoms with E-state index in [0.29, 0.717) is 35.4 Å². The molecular weight excluding hydrogens is 391 g/mol. The number of amides is 2. The summed E-state index contributed by atoms with van der Waals surface area (Å²) in [6.45, 7) is 3.00. The van der Waals surface area contributed by atoms with Gasteiger partial charge in [-0.2, -0.15) is 0 Å². The van der Waals surface area contributed by atoms with Crippen molar-refractivity contribution in [2.24, 2.45) is 5.92 Å². The molecule has 2 atom stereocenters. The Morgan fingerprint density at radius 3 is 2.67 bits per heavy atom. The van der Waals surface area contributed by atoms with Crippen molar-refractivity contribution in [1.82, 2.24) is 9.80 Å². The normalized spacial score (nSPS) is 22.4. The molecule has 1 aromatic rings. The van der Waals surface area contributed by atoms with Crippen LogP contribution in [-0.2, 0) is 14.3 Å². The topological polar surface area (TPSA) is 59.1 Å². The fourth-order valence-corrected chi connectivity index (χ4v) is 4.11. The molecule has 1 fully saturated rings. The van der Waals surface area contributed by atoms with Crippen LogP contribution in [0.4, 0.5) is 0 Å². The van der Waals surface area contributed by atoms with Crippen LogP contribution in [0.15, 0.2) is 23.9 Å². The van der Waals surface area contributed by atoms with E-state index in [1.165, 1.54) is 7.11 Å². The number of methoxy groups -OCH3 is 2. The highest BCUT2D eigenvalue weighted by atomic mass is 35.5. The summed E-state index contributed by atoms with van der Waals surface area (Å²) in [6.07, 6.45) is 1.98. The lowest BCUT2D eigenvalue weighted by Gasteiger charge is -2.22. The van der Waals surface area contributed by atoms with E-state index in [0.717, 1.165) is 11.3 Å². The maximum Gasteiger partial charge on any atom is 0.248 e. The second-order valence-electron chi connectivity index (χ2n) is 6.80. The number of halogens is 2. The third kappa shape index (κ3) is 3.79.